The van der Waals surface area contributed by atoms with Gasteiger partial charge in [-0.15, -0.1) is 22.0 Å². The third-order valence-corrected chi connectivity index (χ3v) is 14.9. The number of rotatable bonds is 10. The van der Waals surface area contributed by atoms with Gasteiger partial charge in [0.05, 0.1) is 28.7 Å². The molecule has 6 heterocycles. The molecule has 2 aromatic carbocycles. The Morgan fingerprint density at radius 3 is 1.47 bits per heavy atom. The lowest BCUT2D eigenvalue weighted by atomic mass is 9.92. The van der Waals surface area contributed by atoms with Crippen LogP contribution in [-0.2, 0) is 19.3 Å². The molecule has 6 aromatic rings. The molecule has 2 fully saturated rings. The summed E-state index contributed by atoms with van der Waals surface area (Å²) in [4.78, 5) is 39.0. The van der Waals surface area contributed by atoms with Crippen molar-refractivity contribution >= 4 is 66.4 Å². The van der Waals surface area contributed by atoms with Crippen LogP contribution < -0.4 is 9.47 Å². The molecule has 0 radical (unpaired) electrons. The van der Waals surface area contributed by atoms with Crippen molar-refractivity contribution in [3.8, 4) is 32.9 Å². The van der Waals surface area contributed by atoms with Gasteiger partial charge in [-0.3, -0.25) is 0 Å². The fraction of sp³-hybridized carbons (Fsp3) is 0.522. The van der Waals surface area contributed by atoms with Crippen molar-refractivity contribution in [1.29, 1.82) is 0 Å². The number of ether oxygens (including phenoxy) is 4. The molecule has 4 aromatic heterocycles. The standard InChI is InChI=1S/C23H29FN4O5S2.C23H29FN4O3S2/c1-14(15-8-10-27(11-9-15)22(29)33-23(2,3)4)32-21-26-28-13-19(25-20(28)34-21)17-7-6-16(12-18(17)24)35(5,30)31;1-14(15-8-10-27(11-9-15)22(29)31-23(2,3)4)30-21-26-28-13-19(25-20(28)33-21)17-7-6-16(32-5)12-18(17)24/h6-7,12-15H,8-11H2,1-5H3;6-7,12-15H,8-11H2,1-5H3. The van der Waals surface area contributed by atoms with Gasteiger partial charge in [-0.2, -0.15) is 0 Å². The van der Waals surface area contributed by atoms with Gasteiger partial charge >= 0.3 is 12.2 Å². The fourth-order valence-corrected chi connectivity index (χ4v) is 10.4. The molecule has 22 heteroatoms. The largest absolute Gasteiger partial charge is 0.466 e. The van der Waals surface area contributed by atoms with Crippen molar-refractivity contribution in [2.75, 3.05) is 38.7 Å². The van der Waals surface area contributed by atoms with Crippen LogP contribution in [0.1, 0.15) is 81.1 Å². The normalized spacial score (nSPS) is 16.4. The highest BCUT2D eigenvalue weighted by Gasteiger charge is 2.32. The van der Waals surface area contributed by atoms with Crippen LogP contribution in [0.3, 0.4) is 0 Å². The molecule has 0 spiro atoms. The number of benzene rings is 2. The van der Waals surface area contributed by atoms with Gasteiger partial charge in [0.1, 0.15) is 35.0 Å². The van der Waals surface area contributed by atoms with E-state index < -0.39 is 26.9 Å². The monoisotopic (exact) mass is 1020 g/mol. The minimum absolute atomic E-state index is 0.0438. The topological polar surface area (TPSA) is 172 Å². The lowest BCUT2D eigenvalue weighted by molar-refractivity contribution is 0.0113. The van der Waals surface area contributed by atoms with Crippen LogP contribution in [0.4, 0.5) is 18.4 Å². The van der Waals surface area contributed by atoms with Crippen LogP contribution in [0.2, 0.25) is 0 Å². The van der Waals surface area contributed by atoms with Crippen molar-refractivity contribution in [3.05, 3.63) is 60.4 Å². The molecule has 0 saturated carbocycles. The number of imidazole rings is 2. The molecule has 0 aliphatic carbocycles. The number of hydrogen-bond donors (Lipinski definition) is 0. The van der Waals surface area contributed by atoms with Crippen molar-refractivity contribution < 1.29 is 45.7 Å². The van der Waals surface area contributed by atoms with Crippen LogP contribution in [-0.4, -0.2) is 122 Å². The van der Waals surface area contributed by atoms with E-state index in [0.717, 1.165) is 42.9 Å². The van der Waals surface area contributed by atoms with E-state index in [9.17, 15) is 26.8 Å². The smallest absolute Gasteiger partial charge is 0.410 e. The van der Waals surface area contributed by atoms with Crippen molar-refractivity contribution in [2.45, 2.75) is 114 Å². The van der Waals surface area contributed by atoms with Gasteiger partial charge in [0.25, 0.3) is 10.4 Å². The lowest BCUT2D eigenvalue weighted by Gasteiger charge is -2.35. The zero-order chi connectivity index (χ0) is 49.3. The first-order chi connectivity index (χ1) is 31.9. The number of carbonyl (C=O) groups is 2. The second-order valence-electron chi connectivity index (χ2n) is 19.0. The van der Waals surface area contributed by atoms with E-state index in [1.165, 1.54) is 57.1 Å². The summed E-state index contributed by atoms with van der Waals surface area (Å²) < 4.78 is 78.5. The van der Waals surface area contributed by atoms with E-state index in [1.54, 1.807) is 32.8 Å². The number of piperidine rings is 2. The van der Waals surface area contributed by atoms with Crippen LogP contribution in [0.25, 0.3) is 32.4 Å². The first-order valence-electron chi connectivity index (χ1n) is 22.3. The fourth-order valence-electron chi connectivity index (χ4n) is 7.75. The Morgan fingerprint density at radius 2 is 1.12 bits per heavy atom. The lowest BCUT2D eigenvalue weighted by Crippen LogP contribution is -2.44. The Kier molecular flexibility index (Phi) is 15.3. The highest BCUT2D eigenvalue weighted by molar-refractivity contribution is 7.98. The number of halogens is 2. The van der Waals surface area contributed by atoms with Gasteiger partial charge in [-0.25, -0.2) is 45.8 Å². The SMILES string of the molecule is CC(Oc1nn2cc(-c3ccc(S(C)(=O)=O)cc3F)nc2s1)C1CCN(C(=O)OC(C)(C)C)CC1.CSc1ccc(-c2cn3nc(OC(C)C4CCN(C(=O)OC(C)(C)C)CC4)sc3n2)c(F)c1. The third kappa shape index (κ3) is 12.8. The number of carbonyl (C=O) groups excluding carboxylic acids is 2. The molecule has 2 aliphatic heterocycles. The molecule has 368 valence electrons. The second kappa shape index (κ2) is 20.5. The minimum atomic E-state index is -3.50. The van der Waals surface area contributed by atoms with Crippen LogP contribution in [0, 0.1) is 23.5 Å². The Morgan fingerprint density at radius 1 is 0.706 bits per heavy atom. The van der Waals surface area contributed by atoms with E-state index in [1.807, 2.05) is 67.7 Å². The molecule has 2 aliphatic rings. The van der Waals surface area contributed by atoms with E-state index in [4.69, 9.17) is 18.9 Å². The Bertz CT molecular complexity index is 2790. The van der Waals surface area contributed by atoms with Crippen molar-refractivity contribution in [3.63, 3.8) is 0 Å². The van der Waals surface area contributed by atoms with Gasteiger partial charge < -0.3 is 28.7 Å². The Balaban J connectivity index is 0.000000202. The Hall–Kier alpha value is -5.06. The number of nitrogens with zero attached hydrogens (tertiary/aromatic N) is 8. The summed E-state index contributed by atoms with van der Waals surface area (Å²) in [6, 6.07) is 8.91. The number of aromatic nitrogens is 6. The summed E-state index contributed by atoms with van der Waals surface area (Å²) in [5, 5.41) is 9.88. The van der Waals surface area contributed by atoms with E-state index >= 15 is 0 Å². The molecular formula is C46H58F2N8O8S4. The number of amides is 2. The average molecular weight is 1020 g/mol. The summed E-state index contributed by atoms with van der Waals surface area (Å²) in [5.74, 6) is -0.376. The number of likely N-dealkylation sites (tertiary alicyclic amines) is 2. The summed E-state index contributed by atoms with van der Waals surface area (Å²) in [6.45, 7) is 17.7. The summed E-state index contributed by atoms with van der Waals surface area (Å²) in [7, 11) is -3.50. The molecule has 2 amide bonds. The average Bonchev–Trinajstić information content (AvgIpc) is 4.03. The molecule has 8 rings (SSSR count). The molecule has 2 atom stereocenters. The maximum Gasteiger partial charge on any atom is 0.410 e. The number of hydrogen-bond acceptors (Lipinski definition) is 15. The number of sulfone groups is 1. The molecular weight excluding hydrogens is 959 g/mol. The van der Waals surface area contributed by atoms with Gasteiger partial charge in [0.15, 0.2) is 9.84 Å². The van der Waals surface area contributed by atoms with E-state index in [0.29, 0.717) is 69.4 Å². The van der Waals surface area contributed by atoms with Gasteiger partial charge in [-0.05, 0) is 158 Å². The summed E-state index contributed by atoms with van der Waals surface area (Å²) in [5.41, 5.74) is 0.554. The van der Waals surface area contributed by atoms with Crippen molar-refractivity contribution in [1.82, 2.24) is 39.0 Å². The van der Waals surface area contributed by atoms with Crippen LogP contribution >= 0.6 is 34.4 Å². The minimum Gasteiger partial charge on any atom is -0.466 e. The predicted octanol–water partition coefficient (Wildman–Crippen LogP) is 10.1. The molecule has 2 saturated heterocycles. The van der Waals surface area contributed by atoms with E-state index in [2.05, 4.69) is 20.2 Å². The third-order valence-electron chi connectivity index (χ3n) is 11.4. The van der Waals surface area contributed by atoms with Gasteiger partial charge in [0.2, 0.25) is 9.92 Å². The summed E-state index contributed by atoms with van der Waals surface area (Å²) in [6.07, 6.45) is 8.85. The van der Waals surface area contributed by atoms with E-state index in [-0.39, 0.29) is 46.6 Å². The molecule has 16 nitrogen and oxygen atoms in total. The van der Waals surface area contributed by atoms with Gasteiger partial charge in [0, 0.05) is 48.5 Å². The first kappa shape index (κ1) is 50.8. The molecule has 0 bridgehead atoms. The van der Waals surface area contributed by atoms with Crippen LogP contribution in [0.5, 0.6) is 10.4 Å². The highest BCUT2D eigenvalue weighted by Crippen LogP contribution is 2.34. The van der Waals surface area contributed by atoms with Crippen molar-refractivity contribution in [2.24, 2.45) is 11.8 Å². The highest BCUT2D eigenvalue weighted by atomic mass is 32.2. The predicted molar refractivity (Wildman–Crippen MR) is 259 cm³/mol. The van der Waals surface area contributed by atoms with Crippen LogP contribution in [0.15, 0.2) is 58.6 Å². The maximum atomic E-state index is 14.5. The summed E-state index contributed by atoms with van der Waals surface area (Å²) >= 11 is 4.08. The quantitative estimate of drug-likeness (QED) is 0.119. The second-order valence-corrected chi connectivity index (χ2v) is 23.7. The Labute approximate surface area is 407 Å². The maximum absolute atomic E-state index is 14.5. The zero-order valence-electron chi connectivity index (χ0n) is 39.8. The van der Waals surface area contributed by atoms with Gasteiger partial charge in [-0.1, -0.05) is 0 Å². The molecule has 0 N–H and O–H groups in total. The number of thioether (sulfide) groups is 1. The number of fused-ring (bicyclic) bond motifs is 2. The first-order valence-corrected chi connectivity index (χ1v) is 27.0. The molecule has 2 unspecified atom stereocenters. The molecule has 68 heavy (non-hydrogen) atoms. The zero-order valence-corrected chi connectivity index (χ0v) is 43.1.